The lowest BCUT2D eigenvalue weighted by atomic mass is 10.0. The van der Waals surface area contributed by atoms with Crippen molar-refractivity contribution in [1.29, 1.82) is 0 Å². The topological polar surface area (TPSA) is 71.1 Å². The number of methoxy groups -OCH3 is 2. The van der Waals surface area contributed by atoms with Crippen LogP contribution in [-0.4, -0.2) is 63.5 Å². The number of amides is 1. The number of carbonyl (C=O) groups is 2. The first-order valence-corrected chi connectivity index (χ1v) is 10.1. The Morgan fingerprint density at radius 2 is 1.60 bits per heavy atom. The molecule has 7 heteroatoms. The Labute approximate surface area is 177 Å². The van der Waals surface area contributed by atoms with E-state index >= 15 is 0 Å². The van der Waals surface area contributed by atoms with Crippen LogP contribution in [0.4, 0.5) is 11.4 Å². The van der Waals surface area contributed by atoms with Crippen LogP contribution >= 0.6 is 0 Å². The average Bonchev–Trinajstić information content (AvgIpc) is 2.77. The number of piperazine rings is 1. The molecule has 7 nitrogen and oxygen atoms in total. The Bertz CT molecular complexity index is 878. The molecule has 3 rings (SSSR count). The van der Waals surface area contributed by atoms with E-state index in [1.807, 2.05) is 6.07 Å². The Balaban J connectivity index is 1.62. The number of anilines is 2. The molecule has 1 amide bonds. The van der Waals surface area contributed by atoms with Crippen LogP contribution in [-0.2, 0) is 4.79 Å². The van der Waals surface area contributed by atoms with Gasteiger partial charge in [-0.15, -0.1) is 0 Å². The lowest BCUT2D eigenvalue weighted by Crippen LogP contribution is -2.46. The first kappa shape index (κ1) is 21.6. The van der Waals surface area contributed by atoms with Gasteiger partial charge >= 0.3 is 0 Å². The number of benzene rings is 2. The van der Waals surface area contributed by atoms with Gasteiger partial charge < -0.3 is 19.7 Å². The molecule has 1 aliphatic heterocycles. The second kappa shape index (κ2) is 10.1. The van der Waals surface area contributed by atoms with Crippen molar-refractivity contribution in [3.63, 3.8) is 0 Å². The number of ether oxygens (including phenoxy) is 2. The van der Waals surface area contributed by atoms with Gasteiger partial charge in [0.2, 0.25) is 5.91 Å². The Morgan fingerprint density at radius 1 is 0.967 bits per heavy atom. The van der Waals surface area contributed by atoms with Gasteiger partial charge in [0.25, 0.3) is 0 Å². The van der Waals surface area contributed by atoms with Gasteiger partial charge in [0.05, 0.1) is 19.9 Å². The minimum atomic E-state index is -0.242. The van der Waals surface area contributed by atoms with Gasteiger partial charge in [0.15, 0.2) is 17.3 Å². The highest BCUT2D eigenvalue weighted by atomic mass is 16.5. The zero-order chi connectivity index (χ0) is 21.5. The lowest BCUT2D eigenvalue weighted by molar-refractivity contribution is -0.114. The number of rotatable bonds is 8. The fourth-order valence-corrected chi connectivity index (χ4v) is 3.67. The second-order valence-corrected chi connectivity index (χ2v) is 7.27. The van der Waals surface area contributed by atoms with Gasteiger partial charge in [-0.2, -0.15) is 0 Å². The van der Waals surface area contributed by atoms with E-state index in [1.54, 1.807) is 12.1 Å². The SMILES string of the molecule is COc1cc(NC(C)=O)c(C(=O)CCN2CCN(c3ccccc3)CC2)cc1OC. The number of nitrogens with zero attached hydrogens (tertiary/aromatic N) is 2. The Morgan fingerprint density at radius 3 is 2.20 bits per heavy atom. The van der Waals surface area contributed by atoms with E-state index in [0.29, 0.717) is 35.7 Å². The highest BCUT2D eigenvalue weighted by molar-refractivity contribution is 6.05. The van der Waals surface area contributed by atoms with Crippen LogP contribution in [0.2, 0.25) is 0 Å². The van der Waals surface area contributed by atoms with E-state index < -0.39 is 0 Å². The molecule has 1 N–H and O–H groups in total. The highest BCUT2D eigenvalue weighted by Crippen LogP contribution is 2.34. The summed E-state index contributed by atoms with van der Waals surface area (Å²) in [5.41, 5.74) is 2.11. The van der Waals surface area contributed by atoms with E-state index in [2.05, 4.69) is 39.4 Å². The van der Waals surface area contributed by atoms with Crippen molar-refractivity contribution in [2.45, 2.75) is 13.3 Å². The van der Waals surface area contributed by atoms with E-state index in [-0.39, 0.29) is 11.7 Å². The minimum Gasteiger partial charge on any atom is -0.493 e. The number of hydrogen-bond acceptors (Lipinski definition) is 6. The summed E-state index contributed by atoms with van der Waals surface area (Å²) in [6, 6.07) is 13.6. The van der Waals surface area contributed by atoms with E-state index in [0.717, 1.165) is 26.2 Å². The minimum absolute atomic E-state index is 0.0369. The fourth-order valence-electron chi connectivity index (χ4n) is 3.67. The summed E-state index contributed by atoms with van der Waals surface area (Å²) in [5, 5.41) is 2.73. The summed E-state index contributed by atoms with van der Waals surface area (Å²) < 4.78 is 10.6. The summed E-state index contributed by atoms with van der Waals surface area (Å²) in [5.74, 6) is 0.653. The molecule has 0 atom stereocenters. The predicted molar refractivity (Wildman–Crippen MR) is 118 cm³/mol. The van der Waals surface area contributed by atoms with Gasteiger partial charge in [0.1, 0.15) is 0 Å². The number of carbonyl (C=O) groups excluding carboxylic acids is 2. The zero-order valence-corrected chi connectivity index (χ0v) is 17.8. The van der Waals surface area contributed by atoms with Gasteiger partial charge in [0, 0.05) is 63.4 Å². The third-order valence-electron chi connectivity index (χ3n) is 5.28. The summed E-state index contributed by atoms with van der Waals surface area (Å²) in [6.45, 7) is 5.78. The number of ketones is 1. The molecule has 1 aliphatic rings. The molecule has 0 spiro atoms. The largest absolute Gasteiger partial charge is 0.493 e. The summed E-state index contributed by atoms with van der Waals surface area (Å²) in [4.78, 5) is 29.2. The molecule has 0 aromatic heterocycles. The first-order valence-electron chi connectivity index (χ1n) is 10.1. The van der Waals surface area contributed by atoms with Crippen molar-refractivity contribution >= 4 is 23.1 Å². The average molecular weight is 412 g/mol. The standard InChI is InChI=1S/C23H29N3O4/c1-17(27)24-20-16-23(30-3)22(29-2)15-19(20)21(28)9-10-25-11-13-26(14-12-25)18-7-5-4-6-8-18/h4-8,15-16H,9-14H2,1-3H3,(H,24,27). The zero-order valence-electron chi connectivity index (χ0n) is 17.8. The van der Waals surface area contributed by atoms with Gasteiger partial charge in [-0.05, 0) is 18.2 Å². The molecular weight excluding hydrogens is 382 g/mol. The molecule has 2 aromatic carbocycles. The predicted octanol–water partition coefficient (Wildman–Crippen LogP) is 3.06. The van der Waals surface area contributed by atoms with Crippen LogP contribution in [0.1, 0.15) is 23.7 Å². The highest BCUT2D eigenvalue weighted by Gasteiger charge is 2.21. The molecule has 2 aromatic rings. The molecular formula is C23H29N3O4. The third-order valence-corrected chi connectivity index (χ3v) is 5.28. The molecule has 1 fully saturated rings. The third kappa shape index (κ3) is 5.30. The summed E-state index contributed by atoms with van der Waals surface area (Å²) in [7, 11) is 3.04. The number of para-hydroxylation sites is 1. The van der Waals surface area contributed by atoms with Gasteiger partial charge in [-0.1, -0.05) is 18.2 Å². The molecule has 0 saturated carbocycles. The van der Waals surface area contributed by atoms with E-state index in [9.17, 15) is 9.59 Å². The maximum atomic E-state index is 13.0. The van der Waals surface area contributed by atoms with Crippen LogP contribution in [0.5, 0.6) is 11.5 Å². The van der Waals surface area contributed by atoms with Crippen molar-refractivity contribution < 1.29 is 19.1 Å². The lowest BCUT2D eigenvalue weighted by Gasteiger charge is -2.36. The van der Waals surface area contributed by atoms with E-state index in [4.69, 9.17) is 9.47 Å². The van der Waals surface area contributed by atoms with Crippen LogP contribution in [0, 0.1) is 0 Å². The number of nitrogens with one attached hydrogen (secondary N) is 1. The van der Waals surface area contributed by atoms with Crippen molar-refractivity contribution in [3.8, 4) is 11.5 Å². The normalized spacial score (nSPS) is 14.3. The molecule has 1 heterocycles. The summed E-state index contributed by atoms with van der Waals surface area (Å²) >= 11 is 0. The van der Waals surface area contributed by atoms with Crippen LogP contribution < -0.4 is 19.7 Å². The maximum Gasteiger partial charge on any atom is 0.221 e. The van der Waals surface area contributed by atoms with Crippen molar-refractivity contribution in [2.75, 3.05) is 57.2 Å². The second-order valence-electron chi connectivity index (χ2n) is 7.27. The van der Waals surface area contributed by atoms with Crippen molar-refractivity contribution in [3.05, 3.63) is 48.0 Å². The number of Topliss-reactive ketones (excluding diaryl/α,β-unsaturated/α-hetero) is 1. The smallest absolute Gasteiger partial charge is 0.221 e. The maximum absolute atomic E-state index is 13.0. The van der Waals surface area contributed by atoms with Gasteiger partial charge in [-0.3, -0.25) is 14.5 Å². The molecule has 0 bridgehead atoms. The molecule has 0 unspecified atom stereocenters. The van der Waals surface area contributed by atoms with Crippen molar-refractivity contribution in [2.24, 2.45) is 0 Å². The Kier molecular flexibility index (Phi) is 7.30. The summed E-state index contributed by atoms with van der Waals surface area (Å²) in [6.07, 6.45) is 0.368. The van der Waals surface area contributed by atoms with Crippen LogP contribution in [0.15, 0.2) is 42.5 Å². The monoisotopic (exact) mass is 411 g/mol. The molecule has 160 valence electrons. The van der Waals surface area contributed by atoms with Crippen LogP contribution in [0.3, 0.4) is 0 Å². The number of hydrogen-bond donors (Lipinski definition) is 1. The van der Waals surface area contributed by atoms with E-state index in [1.165, 1.54) is 26.8 Å². The fraction of sp³-hybridized carbons (Fsp3) is 0.391. The van der Waals surface area contributed by atoms with Crippen molar-refractivity contribution in [1.82, 2.24) is 4.90 Å². The molecule has 1 saturated heterocycles. The molecule has 0 aliphatic carbocycles. The molecule has 0 radical (unpaired) electrons. The Hall–Kier alpha value is -3.06. The quantitative estimate of drug-likeness (QED) is 0.674. The van der Waals surface area contributed by atoms with Crippen LogP contribution in [0.25, 0.3) is 0 Å². The van der Waals surface area contributed by atoms with Gasteiger partial charge in [-0.25, -0.2) is 0 Å². The molecule has 30 heavy (non-hydrogen) atoms. The first-order chi connectivity index (χ1) is 14.5.